The molecule has 1 amide bonds. The van der Waals surface area contributed by atoms with Crippen molar-refractivity contribution in [2.75, 3.05) is 13.7 Å². The molecule has 0 saturated carbocycles. The number of benzene rings is 1. The van der Waals surface area contributed by atoms with Gasteiger partial charge in [0.25, 0.3) is 5.91 Å². The van der Waals surface area contributed by atoms with E-state index >= 15 is 0 Å². The molecular formula is C20H19N3O5. The summed E-state index contributed by atoms with van der Waals surface area (Å²) >= 11 is 0. The molecule has 0 fully saturated rings. The summed E-state index contributed by atoms with van der Waals surface area (Å²) in [6, 6.07) is 9.69. The molecule has 2 aromatic heterocycles. The standard InChI is InChI=1S/C20H19N3O5/c1-27-20(26)17(10-14-11-22-16-5-3-2-4-15(14)16)23-18(24)12-28-19(25)13-6-8-21-9-7-13/h2-9,11,17,22H,10,12H2,1H3,(H,23,24)/t17-/m1/s1. The Balaban J connectivity index is 1.63. The monoisotopic (exact) mass is 381 g/mol. The first-order valence-electron chi connectivity index (χ1n) is 8.58. The first-order chi connectivity index (χ1) is 13.6. The Hall–Kier alpha value is -3.68. The summed E-state index contributed by atoms with van der Waals surface area (Å²) in [6.07, 6.45) is 4.92. The fourth-order valence-electron chi connectivity index (χ4n) is 2.79. The zero-order valence-electron chi connectivity index (χ0n) is 15.2. The van der Waals surface area contributed by atoms with Crippen LogP contribution in [-0.2, 0) is 25.5 Å². The van der Waals surface area contributed by atoms with Crippen LogP contribution in [0.5, 0.6) is 0 Å². The molecule has 3 rings (SSSR count). The second kappa shape index (κ2) is 8.81. The first-order valence-corrected chi connectivity index (χ1v) is 8.58. The number of hydrogen-bond acceptors (Lipinski definition) is 6. The summed E-state index contributed by atoms with van der Waals surface area (Å²) in [5.74, 6) is -1.83. The number of hydrogen-bond donors (Lipinski definition) is 2. The predicted octanol–water partition coefficient (Wildman–Crippen LogP) is 1.62. The largest absolute Gasteiger partial charge is 0.467 e. The number of aromatic amines is 1. The quantitative estimate of drug-likeness (QED) is 0.602. The Bertz CT molecular complexity index is 984. The number of fused-ring (bicyclic) bond motifs is 1. The number of rotatable bonds is 7. The van der Waals surface area contributed by atoms with Crippen molar-refractivity contribution in [2.45, 2.75) is 12.5 Å². The zero-order chi connectivity index (χ0) is 19.9. The molecule has 28 heavy (non-hydrogen) atoms. The molecule has 0 unspecified atom stereocenters. The highest BCUT2D eigenvalue weighted by molar-refractivity contribution is 5.92. The van der Waals surface area contributed by atoms with Gasteiger partial charge >= 0.3 is 11.9 Å². The third kappa shape index (κ3) is 4.53. The molecule has 144 valence electrons. The van der Waals surface area contributed by atoms with Gasteiger partial charge in [-0.15, -0.1) is 0 Å². The van der Waals surface area contributed by atoms with E-state index in [1.807, 2.05) is 24.3 Å². The maximum absolute atomic E-state index is 12.2. The summed E-state index contributed by atoms with van der Waals surface area (Å²) in [6.45, 7) is -0.511. The second-order valence-electron chi connectivity index (χ2n) is 6.02. The van der Waals surface area contributed by atoms with Crippen LogP contribution in [0.25, 0.3) is 10.9 Å². The van der Waals surface area contributed by atoms with Gasteiger partial charge in [0.05, 0.1) is 12.7 Å². The van der Waals surface area contributed by atoms with E-state index in [4.69, 9.17) is 9.47 Å². The van der Waals surface area contributed by atoms with Crippen molar-refractivity contribution in [3.63, 3.8) is 0 Å². The smallest absolute Gasteiger partial charge is 0.338 e. The molecule has 3 aromatic rings. The van der Waals surface area contributed by atoms with Crippen molar-refractivity contribution in [1.82, 2.24) is 15.3 Å². The zero-order valence-corrected chi connectivity index (χ0v) is 15.2. The molecule has 8 heteroatoms. The molecule has 0 spiro atoms. The number of carbonyl (C=O) groups is 3. The normalized spacial score (nSPS) is 11.6. The van der Waals surface area contributed by atoms with E-state index in [1.165, 1.54) is 31.6 Å². The van der Waals surface area contributed by atoms with E-state index < -0.39 is 30.5 Å². The van der Waals surface area contributed by atoms with Gasteiger partial charge in [-0.3, -0.25) is 9.78 Å². The van der Waals surface area contributed by atoms with Crippen LogP contribution >= 0.6 is 0 Å². The third-order valence-corrected chi connectivity index (χ3v) is 4.17. The van der Waals surface area contributed by atoms with E-state index in [9.17, 15) is 14.4 Å². The number of ether oxygens (including phenoxy) is 2. The fourth-order valence-corrected chi connectivity index (χ4v) is 2.79. The average molecular weight is 381 g/mol. The number of pyridine rings is 1. The van der Waals surface area contributed by atoms with Gasteiger partial charge in [0.1, 0.15) is 6.04 Å². The van der Waals surface area contributed by atoms with Crippen molar-refractivity contribution < 1.29 is 23.9 Å². The van der Waals surface area contributed by atoms with Crippen LogP contribution in [0.3, 0.4) is 0 Å². The van der Waals surface area contributed by atoms with E-state index in [2.05, 4.69) is 15.3 Å². The number of esters is 2. The fraction of sp³-hybridized carbons (Fsp3) is 0.200. The van der Waals surface area contributed by atoms with Gasteiger partial charge in [-0.25, -0.2) is 9.59 Å². The molecule has 0 bridgehead atoms. The van der Waals surface area contributed by atoms with Crippen LogP contribution in [0, 0.1) is 0 Å². The molecular weight excluding hydrogens is 362 g/mol. The number of para-hydroxylation sites is 1. The Morgan fingerprint density at radius 1 is 1.14 bits per heavy atom. The molecule has 0 aliphatic rings. The van der Waals surface area contributed by atoms with Gasteiger partial charge in [0, 0.05) is 35.9 Å². The molecule has 0 aliphatic carbocycles. The third-order valence-electron chi connectivity index (χ3n) is 4.17. The molecule has 1 atom stereocenters. The van der Waals surface area contributed by atoms with Crippen LogP contribution in [0.2, 0.25) is 0 Å². The van der Waals surface area contributed by atoms with E-state index in [0.29, 0.717) is 0 Å². The minimum Gasteiger partial charge on any atom is -0.467 e. The number of aromatic nitrogens is 2. The van der Waals surface area contributed by atoms with Gasteiger partial charge in [-0.1, -0.05) is 18.2 Å². The maximum Gasteiger partial charge on any atom is 0.338 e. The molecule has 8 nitrogen and oxygen atoms in total. The molecule has 0 radical (unpaired) electrons. The van der Waals surface area contributed by atoms with E-state index in [0.717, 1.165) is 16.5 Å². The SMILES string of the molecule is COC(=O)[C@@H](Cc1c[nH]c2ccccc12)NC(=O)COC(=O)c1ccncc1. The lowest BCUT2D eigenvalue weighted by Gasteiger charge is -2.16. The summed E-state index contributed by atoms with van der Waals surface area (Å²) in [5, 5.41) is 3.51. The highest BCUT2D eigenvalue weighted by atomic mass is 16.5. The van der Waals surface area contributed by atoms with Crippen molar-refractivity contribution in [2.24, 2.45) is 0 Å². The van der Waals surface area contributed by atoms with Gasteiger partial charge in [0.2, 0.25) is 0 Å². The average Bonchev–Trinajstić information content (AvgIpc) is 3.14. The highest BCUT2D eigenvalue weighted by Gasteiger charge is 2.24. The summed E-state index contributed by atoms with van der Waals surface area (Å²) in [7, 11) is 1.25. The molecule has 2 heterocycles. The van der Waals surface area contributed by atoms with Crippen molar-refractivity contribution in [3.05, 3.63) is 66.1 Å². The summed E-state index contributed by atoms with van der Waals surface area (Å²) in [5.41, 5.74) is 2.07. The van der Waals surface area contributed by atoms with Gasteiger partial charge < -0.3 is 19.8 Å². The van der Waals surface area contributed by atoms with Gasteiger partial charge in [-0.2, -0.15) is 0 Å². The Morgan fingerprint density at radius 2 is 1.89 bits per heavy atom. The van der Waals surface area contributed by atoms with Crippen molar-refractivity contribution in [1.29, 1.82) is 0 Å². The predicted molar refractivity (Wildman–Crippen MR) is 100 cm³/mol. The Labute approximate surface area is 160 Å². The minimum absolute atomic E-state index is 0.237. The van der Waals surface area contributed by atoms with Crippen LogP contribution in [0.1, 0.15) is 15.9 Å². The number of amides is 1. The van der Waals surface area contributed by atoms with Crippen molar-refractivity contribution >= 4 is 28.7 Å². The summed E-state index contributed by atoms with van der Waals surface area (Å²) < 4.78 is 9.76. The lowest BCUT2D eigenvalue weighted by molar-refractivity contribution is -0.145. The number of nitrogens with zero attached hydrogens (tertiary/aromatic N) is 1. The molecule has 0 saturated heterocycles. The van der Waals surface area contributed by atoms with Gasteiger partial charge in [-0.05, 0) is 23.8 Å². The minimum atomic E-state index is -0.906. The number of nitrogens with one attached hydrogen (secondary N) is 2. The summed E-state index contributed by atoms with van der Waals surface area (Å²) in [4.78, 5) is 43.1. The number of methoxy groups -OCH3 is 1. The maximum atomic E-state index is 12.2. The second-order valence-corrected chi connectivity index (χ2v) is 6.02. The molecule has 1 aromatic carbocycles. The lowest BCUT2D eigenvalue weighted by atomic mass is 10.0. The number of H-pyrrole nitrogens is 1. The number of carbonyl (C=O) groups excluding carboxylic acids is 3. The van der Waals surface area contributed by atoms with Crippen LogP contribution in [-0.4, -0.2) is 47.6 Å². The van der Waals surface area contributed by atoms with Gasteiger partial charge in [0.15, 0.2) is 6.61 Å². The lowest BCUT2D eigenvalue weighted by Crippen LogP contribution is -2.44. The first kappa shape index (κ1) is 19.1. The Morgan fingerprint density at radius 3 is 2.64 bits per heavy atom. The van der Waals surface area contributed by atoms with E-state index in [1.54, 1.807) is 6.20 Å². The molecule has 0 aliphatic heterocycles. The van der Waals surface area contributed by atoms with Crippen molar-refractivity contribution in [3.8, 4) is 0 Å². The Kier molecular flexibility index (Phi) is 6.01. The molecule has 2 N–H and O–H groups in total. The van der Waals surface area contributed by atoms with Crippen LogP contribution in [0.15, 0.2) is 55.0 Å². The van der Waals surface area contributed by atoms with Crippen LogP contribution < -0.4 is 5.32 Å². The van der Waals surface area contributed by atoms with Crippen LogP contribution in [0.4, 0.5) is 0 Å². The van der Waals surface area contributed by atoms with E-state index in [-0.39, 0.29) is 12.0 Å². The topological polar surface area (TPSA) is 110 Å². The highest BCUT2D eigenvalue weighted by Crippen LogP contribution is 2.19.